The second kappa shape index (κ2) is 17.2. The normalized spacial score (nSPS) is 15.7. The molecule has 0 rings (SSSR count). The molecule has 0 heterocycles. The van der Waals surface area contributed by atoms with E-state index in [-0.39, 0.29) is 5.57 Å². The molecule has 0 bridgehead atoms. The van der Waals surface area contributed by atoms with Gasteiger partial charge in [-0.05, 0) is 131 Å². The summed E-state index contributed by atoms with van der Waals surface area (Å²) >= 11 is 0. The Kier molecular flexibility index (Phi) is 17.6. The molecule has 0 radical (unpaired) electrons. The second-order valence-corrected chi connectivity index (χ2v) is 58.6. The molecule has 0 aromatic carbocycles. The lowest BCUT2D eigenvalue weighted by atomic mass is 10.4. The van der Waals surface area contributed by atoms with Crippen molar-refractivity contribution in [1.82, 2.24) is 0 Å². The van der Waals surface area contributed by atoms with Crippen LogP contribution in [0.5, 0.6) is 0 Å². The van der Waals surface area contributed by atoms with Gasteiger partial charge >= 0.3 is 41.2 Å². The average Bonchev–Trinajstić information content (AvgIpc) is 2.66. The smallest absolute Gasteiger partial charge is 0.455 e. The van der Waals surface area contributed by atoms with Crippen molar-refractivity contribution >= 4 is 91.1 Å². The molecule has 0 saturated heterocycles. The van der Waals surface area contributed by atoms with Crippen LogP contribution < -0.4 is 0 Å². The second-order valence-electron chi connectivity index (χ2n) is 18.9. The first-order chi connectivity index (χ1) is 21.1. The largest absolute Gasteiger partial charge is 0.522 e. The van der Waals surface area contributed by atoms with E-state index in [4.69, 9.17) is 41.8 Å². The van der Waals surface area contributed by atoms with E-state index in [9.17, 15) is 4.79 Å². The Labute approximate surface area is 311 Å². The van der Waals surface area contributed by atoms with Crippen molar-refractivity contribution < 1.29 is 46.6 Å². The minimum absolute atomic E-state index is 0.242. The summed E-state index contributed by atoms with van der Waals surface area (Å²) in [7, 11) is -29.3. The van der Waals surface area contributed by atoms with Crippen molar-refractivity contribution in [2.24, 2.45) is 0 Å². The first kappa shape index (κ1) is 50.0. The first-order valence-corrected chi connectivity index (χ1v) is 46.3. The summed E-state index contributed by atoms with van der Waals surface area (Å²) in [6.45, 7) is 50.9. The summed E-state index contributed by atoms with van der Waals surface area (Å²) < 4.78 is 70.1. The van der Waals surface area contributed by atoms with Crippen molar-refractivity contribution in [1.29, 1.82) is 0 Å². The van der Waals surface area contributed by atoms with Crippen molar-refractivity contribution in [3.8, 4) is 0 Å². The maximum atomic E-state index is 13.4. The third-order valence-corrected chi connectivity index (χ3v) is 38.1. The van der Waals surface area contributed by atoms with Crippen molar-refractivity contribution in [2.45, 2.75) is 163 Å². The van der Waals surface area contributed by atoms with E-state index in [0.717, 1.165) is 0 Å². The Morgan fingerprint density at radius 2 is 0.653 bits per heavy atom. The number of carbonyl (C=O) groups excluding carboxylic acids is 1. The summed E-state index contributed by atoms with van der Waals surface area (Å²) in [6.07, 6.45) is 0.296. The van der Waals surface area contributed by atoms with Crippen LogP contribution in [-0.4, -0.2) is 96.8 Å². The van der Waals surface area contributed by atoms with Gasteiger partial charge in [0.1, 0.15) is 0 Å². The van der Waals surface area contributed by atoms with Crippen LogP contribution in [0.15, 0.2) is 12.2 Å². The molecule has 49 heavy (non-hydrogen) atoms. The van der Waals surface area contributed by atoms with E-state index in [2.05, 4.69) is 124 Å². The van der Waals surface area contributed by atoms with Gasteiger partial charge in [0.25, 0.3) is 0 Å². The Morgan fingerprint density at radius 1 is 0.449 bits per heavy atom. The molecule has 0 aromatic heterocycles. The van der Waals surface area contributed by atoms with Gasteiger partial charge < -0.3 is 41.8 Å². The molecular formula is C28H74O11Si10. The summed E-state index contributed by atoms with van der Waals surface area (Å²) in [6, 6.07) is 0. The molecule has 0 N–H and O–H groups in total. The van der Waals surface area contributed by atoms with Gasteiger partial charge in [-0.25, -0.2) is 4.79 Å². The third-order valence-electron chi connectivity index (χ3n) is 5.30. The van der Waals surface area contributed by atoms with Crippen molar-refractivity contribution in [3.63, 3.8) is 0 Å². The number of carbonyl (C=O) groups is 1. The molecule has 0 fully saturated rings. The molecular weight excluding hydrogens is 793 g/mol. The number of hydrogen-bond acceptors (Lipinski definition) is 11. The van der Waals surface area contributed by atoms with Crippen LogP contribution in [0.3, 0.4) is 0 Å². The Morgan fingerprint density at radius 3 is 0.796 bits per heavy atom. The number of rotatable bonds is 22. The van der Waals surface area contributed by atoms with Gasteiger partial charge in [0.2, 0.25) is 0 Å². The first-order valence-electron chi connectivity index (χ1n) is 17.3. The van der Waals surface area contributed by atoms with E-state index in [1.54, 1.807) is 6.92 Å². The lowest BCUT2D eigenvalue weighted by Gasteiger charge is -2.50. The van der Waals surface area contributed by atoms with Crippen LogP contribution in [0.25, 0.3) is 0 Å². The van der Waals surface area contributed by atoms with Gasteiger partial charge in [-0.1, -0.05) is 13.5 Å². The zero-order chi connectivity index (χ0) is 39.5. The molecule has 0 saturated carbocycles. The highest BCUT2D eigenvalue weighted by Gasteiger charge is 2.67. The van der Waals surface area contributed by atoms with Gasteiger partial charge in [-0.2, -0.15) is 0 Å². The maximum absolute atomic E-state index is 13.4. The zero-order valence-corrected chi connectivity index (χ0v) is 45.5. The molecule has 0 spiro atoms. The standard InChI is InChI=1S/C28H74O11Si10/c1-25-27(30-28(29)26(2)3)49(37-46(22,31-40(4,5)6)32-41(7,8)9,38-47(23,33-42(10,11)12)34-43(13,14)15)39-48(24,35-44(16,17)18)36-45(19,20)21/h27H,2,25H2,1,3-24H3. The number of hydrogen-bond donors (Lipinski definition) is 0. The fraction of sp³-hybridized carbons (Fsp3) is 0.893. The fourth-order valence-electron chi connectivity index (χ4n) is 5.19. The highest BCUT2D eigenvalue weighted by atomic mass is 28.6. The number of esters is 1. The highest BCUT2D eigenvalue weighted by Crippen LogP contribution is 2.38. The van der Waals surface area contributed by atoms with Gasteiger partial charge in [-0.3, -0.25) is 0 Å². The van der Waals surface area contributed by atoms with Crippen molar-refractivity contribution in [3.05, 3.63) is 12.2 Å². The SMILES string of the molecule is C=C(C)C(=O)OC(CC)[Si](O[Si](C)(O[Si](C)(C)C)O[Si](C)(C)C)(O[Si](C)(O[Si](C)(C)C)O[Si](C)(C)C)O[Si](C)(O[Si](C)(C)C)O[Si](C)(C)C. The van der Waals surface area contributed by atoms with Gasteiger partial charge in [0, 0.05) is 25.2 Å². The van der Waals surface area contributed by atoms with Gasteiger partial charge in [0.15, 0.2) is 55.6 Å². The Balaban J connectivity index is 8.45. The molecule has 0 amide bonds. The zero-order valence-electron chi connectivity index (χ0n) is 35.5. The molecule has 0 aromatic rings. The summed E-state index contributed by atoms with van der Waals surface area (Å²) in [5.74, 6) is -0.582. The van der Waals surface area contributed by atoms with Crippen molar-refractivity contribution in [2.75, 3.05) is 0 Å². The van der Waals surface area contributed by atoms with Gasteiger partial charge in [-0.15, -0.1) is 0 Å². The molecule has 0 aliphatic heterocycles. The van der Waals surface area contributed by atoms with Crippen LogP contribution in [0.2, 0.25) is 137 Å². The van der Waals surface area contributed by atoms with E-state index < -0.39 is 96.8 Å². The minimum Gasteiger partial charge on any atom is -0.455 e. The monoisotopic (exact) mass is 866 g/mol. The number of ether oxygens (including phenoxy) is 1. The highest BCUT2D eigenvalue weighted by molar-refractivity contribution is 6.95. The lowest BCUT2D eigenvalue weighted by molar-refractivity contribution is -0.143. The predicted octanol–water partition coefficient (Wildman–Crippen LogP) is 9.23. The van der Waals surface area contributed by atoms with Crippen LogP contribution in [-0.2, 0) is 46.6 Å². The van der Waals surface area contributed by atoms with Crippen LogP contribution in [0.4, 0.5) is 0 Å². The predicted molar refractivity (Wildman–Crippen MR) is 225 cm³/mol. The molecule has 21 heteroatoms. The van der Waals surface area contributed by atoms with Crippen LogP contribution >= 0.6 is 0 Å². The summed E-state index contributed by atoms with van der Waals surface area (Å²) in [4.78, 5) is 13.4. The Bertz CT molecular complexity index is 946. The molecule has 1 atom stereocenters. The maximum Gasteiger partial charge on any atom is 0.522 e. The van der Waals surface area contributed by atoms with Gasteiger partial charge in [0.05, 0.1) is 0 Å². The quantitative estimate of drug-likeness (QED) is 0.0591. The van der Waals surface area contributed by atoms with Crippen LogP contribution in [0, 0.1) is 0 Å². The van der Waals surface area contributed by atoms with Crippen LogP contribution in [0.1, 0.15) is 20.3 Å². The Hall–Kier alpha value is 1.02. The fourth-order valence-corrected chi connectivity index (χ4v) is 46.9. The average molecular weight is 868 g/mol. The topological polar surface area (TPSA) is 109 Å². The van der Waals surface area contributed by atoms with E-state index >= 15 is 0 Å². The molecule has 1 unspecified atom stereocenters. The third kappa shape index (κ3) is 21.5. The summed E-state index contributed by atoms with van der Waals surface area (Å²) in [5, 5.41) is 0. The molecule has 0 aliphatic carbocycles. The van der Waals surface area contributed by atoms with E-state index in [1.807, 2.05) is 26.6 Å². The lowest BCUT2D eigenvalue weighted by Crippen LogP contribution is -2.75. The molecule has 292 valence electrons. The van der Waals surface area contributed by atoms with E-state index in [1.165, 1.54) is 0 Å². The molecule has 0 aliphatic rings. The minimum atomic E-state index is -4.45. The van der Waals surface area contributed by atoms with E-state index in [0.29, 0.717) is 6.42 Å². The summed E-state index contributed by atoms with van der Waals surface area (Å²) in [5.41, 5.74) is -0.768. The molecule has 11 nitrogen and oxygen atoms in total.